The second kappa shape index (κ2) is 11.1. The maximum absolute atomic E-state index is 11.6. The smallest absolute Gasteiger partial charge is 0.231 e. The molecular weight excluding hydrogens is 460 g/mol. The molecule has 3 aliphatic rings. The summed E-state index contributed by atoms with van der Waals surface area (Å²) >= 11 is 0. The van der Waals surface area contributed by atoms with E-state index in [1.54, 1.807) is 0 Å². The molecule has 2 fully saturated rings. The number of aryl methyl sites for hydroxylation is 1. The van der Waals surface area contributed by atoms with Gasteiger partial charge in [-0.25, -0.2) is 9.97 Å². The Bertz CT molecular complexity index is 1050. The van der Waals surface area contributed by atoms with Crippen molar-refractivity contribution in [2.75, 3.05) is 49.1 Å². The molecule has 2 N–H and O–H groups in total. The van der Waals surface area contributed by atoms with Crippen molar-refractivity contribution in [1.29, 1.82) is 0 Å². The normalized spacial score (nSPS) is 27.1. The highest BCUT2D eigenvalue weighted by atomic mass is 16.1. The third-order valence-corrected chi connectivity index (χ3v) is 9.01. The van der Waals surface area contributed by atoms with Crippen LogP contribution < -0.4 is 15.5 Å². The van der Waals surface area contributed by atoms with Crippen LogP contribution in [0.3, 0.4) is 0 Å². The fraction of sp³-hybridized carbons (Fsp3) is 0.700. The Morgan fingerprint density at radius 3 is 2.57 bits per heavy atom. The van der Waals surface area contributed by atoms with E-state index in [-0.39, 0.29) is 22.8 Å². The molecule has 0 radical (unpaired) electrons. The lowest BCUT2D eigenvalue weighted by molar-refractivity contribution is -0.119. The Morgan fingerprint density at radius 1 is 1.16 bits per heavy atom. The van der Waals surface area contributed by atoms with Crippen molar-refractivity contribution in [1.82, 2.24) is 14.9 Å². The minimum absolute atomic E-state index is 0.0816. The molecule has 1 aliphatic heterocycles. The summed E-state index contributed by atoms with van der Waals surface area (Å²) < 4.78 is 0. The summed E-state index contributed by atoms with van der Waals surface area (Å²) in [4.78, 5) is 29.6. The molecule has 7 heteroatoms. The van der Waals surface area contributed by atoms with Crippen LogP contribution in [0.5, 0.6) is 0 Å². The SMILES string of the molecule is CCCCN(CCC)c1c(C)nc(C23CC2(CC)C=CC=C3CC)nc1N1CCN(CC(N)=O)[C@H](C)C1. The first-order chi connectivity index (χ1) is 17.8. The molecule has 0 bridgehead atoms. The lowest BCUT2D eigenvalue weighted by Gasteiger charge is -2.42. The minimum Gasteiger partial charge on any atom is -0.369 e. The molecule has 3 atom stereocenters. The number of fused-ring (bicyclic) bond motifs is 1. The van der Waals surface area contributed by atoms with Crippen LogP contribution in [0.25, 0.3) is 0 Å². The Kier molecular flexibility index (Phi) is 8.32. The lowest BCUT2D eigenvalue weighted by Crippen LogP contribution is -2.54. The maximum Gasteiger partial charge on any atom is 0.231 e. The number of nitrogens with two attached hydrogens (primary N) is 1. The van der Waals surface area contributed by atoms with E-state index in [2.05, 4.69) is 74.5 Å². The zero-order valence-corrected chi connectivity index (χ0v) is 24.0. The van der Waals surface area contributed by atoms with Gasteiger partial charge in [-0.2, -0.15) is 0 Å². The van der Waals surface area contributed by atoms with Gasteiger partial charge in [-0.3, -0.25) is 9.69 Å². The van der Waals surface area contributed by atoms with E-state index in [0.717, 1.165) is 88.6 Å². The van der Waals surface area contributed by atoms with Crippen LogP contribution in [0, 0.1) is 12.3 Å². The van der Waals surface area contributed by atoms with E-state index in [0.29, 0.717) is 6.54 Å². The number of aromatic nitrogens is 2. The molecule has 2 aliphatic carbocycles. The highest BCUT2D eigenvalue weighted by Crippen LogP contribution is 2.72. The molecule has 1 aromatic rings. The Labute approximate surface area is 224 Å². The third-order valence-electron chi connectivity index (χ3n) is 9.01. The number of hydrogen-bond acceptors (Lipinski definition) is 6. The molecule has 204 valence electrons. The highest BCUT2D eigenvalue weighted by molar-refractivity contribution is 5.76. The molecule has 2 unspecified atom stereocenters. The Hall–Kier alpha value is -2.41. The summed E-state index contributed by atoms with van der Waals surface area (Å²) in [6.07, 6.45) is 13.6. The fourth-order valence-corrected chi connectivity index (χ4v) is 6.87. The number of carbonyl (C=O) groups is 1. The van der Waals surface area contributed by atoms with Gasteiger partial charge in [-0.15, -0.1) is 0 Å². The molecule has 2 heterocycles. The molecule has 1 saturated heterocycles. The molecule has 37 heavy (non-hydrogen) atoms. The van der Waals surface area contributed by atoms with Crippen LogP contribution >= 0.6 is 0 Å². The zero-order chi connectivity index (χ0) is 26.8. The predicted molar refractivity (Wildman–Crippen MR) is 153 cm³/mol. The van der Waals surface area contributed by atoms with Crippen LogP contribution in [-0.4, -0.2) is 66.1 Å². The molecule has 7 nitrogen and oxygen atoms in total. The minimum atomic E-state index is -0.261. The molecular formula is C30H48N6O. The second-order valence-electron chi connectivity index (χ2n) is 11.4. The monoisotopic (exact) mass is 508 g/mol. The number of amides is 1. The van der Waals surface area contributed by atoms with E-state index in [4.69, 9.17) is 15.7 Å². The number of allylic oxidation sites excluding steroid dienone is 4. The van der Waals surface area contributed by atoms with Gasteiger partial charge in [-0.05, 0) is 46.0 Å². The van der Waals surface area contributed by atoms with Gasteiger partial charge in [0.1, 0.15) is 11.5 Å². The number of piperazine rings is 1. The van der Waals surface area contributed by atoms with Crippen LogP contribution in [0.15, 0.2) is 23.8 Å². The molecule has 1 saturated carbocycles. The van der Waals surface area contributed by atoms with Gasteiger partial charge in [0.15, 0.2) is 5.82 Å². The quantitative estimate of drug-likeness (QED) is 0.439. The summed E-state index contributed by atoms with van der Waals surface area (Å²) in [6.45, 7) is 18.2. The molecule has 4 rings (SSSR count). The van der Waals surface area contributed by atoms with Gasteiger partial charge in [-0.1, -0.05) is 57.9 Å². The standard InChI is InChI=1S/C30H48N6O/c1-7-11-16-34(15-8-2)26-23(6)32-28(30-21-29(30,10-4)14-12-13-24(30)9-3)33-27(26)36-18-17-35(20-25(31)37)22(5)19-36/h12-14,22H,7-11,15-21H2,1-6H3,(H2,31,37)/t22-,29?,30?/m1/s1. The van der Waals surface area contributed by atoms with E-state index < -0.39 is 0 Å². The summed E-state index contributed by atoms with van der Waals surface area (Å²) in [6, 6.07) is 0.223. The number of carbonyl (C=O) groups excluding carboxylic acids is 1. The van der Waals surface area contributed by atoms with Crippen molar-refractivity contribution in [3.8, 4) is 0 Å². The van der Waals surface area contributed by atoms with Crippen LogP contribution in [0.1, 0.15) is 84.7 Å². The topological polar surface area (TPSA) is 78.6 Å². The first kappa shape index (κ1) is 27.6. The van der Waals surface area contributed by atoms with Gasteiger partial charge in [0.25, 0.3) is 0 Å². The van der Waals surface area contributed by atoms with Crippen molar-refractivity contribution in [2.45, 2.75) is 91.5 Å². The maximum atomic E-state index is 11.6. The number of nitrogens with zero attached hydrogens (tertiary/aromatic N) is 5. The average Bonchev–Trinajstić information content (AvgIpc) is 3.58. The van der Waals surface area contributed by atoms with Crippen molar-refractivity contribution in [3.05, 3.63) is 35.3 Å². The fourth-order valence-electron chi connectivity index (χ4n) is 6.87. The zero-order valence-electron chi connectivity index (χ0n) is 24.0. The van der Waals surface area contributed by atoms with Gasteiger partial charge >= 0.3 is 0 Å². The number of anilines is 2. The van der Waals surface area contributed by atoms with Gasteiger partial charge in [0.2, 0.25) is 5.91 Å². The molecule has 0 aromatic carbocycles. The van der Waals surface area contributed by atoms with E-state index in [9.17, 15) is 4.79 Å². The third kappa shape index (κ3) is 4.91. The van der Waals surface area contributed by atoms with Crippen LogP contribution in [0.2, 0.25) is 0 Å². The number of hydrogen-bond donors (Lipinski definition) is 1. The van der Waals surface area contributed by atoms with Crippen LogP contribution in [-0.2, 0) is 10.2 Å². The van der Waals surface area contributed by atoms with Crippen molar-refractivity contribution >= 4 is 17.4 Å². The largest absolute Gasteiger partial charge is 0.369 e. The summed E-state index contributed by atoms with van der Waals surface area (Å²) in [7, 11) is 0. The Morgan fingerprint density at radius 2 is 1.95 bits per heavy atom. The van der Waals surface area contributed by atoms with Crippen molar-refractivity contribution in [2.24, 2.45) is 11.1 Å². The van der Waals surface area contributed by atoms with Crippen LogP contribution in [0.4, 0.5) is 11.5 Å². The van der Waals surface area contributed by atoms with Gasteiger partial charge in [0.05, 0.1) is 17.7 Å². The van der Waals surface area contributed by atoms with E-state index >= 15 is 0 Å². The molecule has 1 aromatic heterocycles. The number of unbranched alkanes of at least 4 members (excludes halogenated alkanes) is 1. The summed E-state index contributed by atoms with van der Waals surface area (Å²) in [5, 5.41) is 0. The highest BCUT2D eigenvalue weighted by Gasteiger charge is 2.69. The molecule has 1 amide bonds. The van der Waals surface area contributed by atoms with E-state index in [1.807, 2.05) is 0 Å². The van der Waals surface area contributed by atoms with Gasteiger partial charge in [0, 0.05) is 44.2 Å². The number of primary amides is 1. The summed E-state index contributed by atoms with van der Waals surface area (Å²) in [5.74, 6) is 1.82. The second-order valence-corrected chi connectivity index (χ2v) is 11.4. The van der Waals surface area contributed by atoms with Crippen molar-refractivity contribution < 1.29 is 4.79 Å². The first-order valence-corrected chi connectivity index (χ1v) is 14.6. The molecule has 0 spiro atoms. The summed E-state index contributed by atoms with van der Waals surface area (Å²) in [5.41, 5.74) is 9.34. The van der Waals surface area contributed by atoms with Crippen molar-refractivity contribution in [3.63, 3.8) is 0 Å². The predicted octanol–water partition coefficient (Wildman–Crippen LogP) is 4.74. The number of rotatable bonds is 12. The van der Waals surface area contributed by atoms with E-state index in [1.165, 1.54) is 11.3 Å². The first-order valence-electron chi connectivity index (χ1n) is 14.6. The average molecular weight is 509 g/mol. The van der Waals surface area contributed by atoms with Gasteiger partial charge < -0.3 is 15.5 Å². The lowest BCUT2D eigenvalue weighted by atomic mass is 9.79. The Balaban J connectivity index is 1.80.